The van der Waals surface area contributed by atoms with Gasteiger partial charge in [-0.3, -0.25) is 0 Å². The molecule has 1 heterocycles. The molecular formula is C13H22BrN5O2. The van der Waals surface area contributed by atoms with Gasteiger partial charge in [-0.15, -0.1) is 10.2 Å². The quantitative estimate of drug-likeness (QED) is 0.747. The summed E-state index contributed by atoms with van der Waals surface area (Å²) >= 11 is 3.23. The van der Waals surface area contributed by atoms with Crippen molar-refractivity contribution < 1.29 is 9.90 Å². The monoisotopic (exact) mass is 359 g/mol. The average Bonchev–Trinajstić information content (AvgIpc) is 2.80. The lowest BCUT2D eigenvalue weighted by molar-refractivity contribution is 0.205. The Balaban J connectivity index is 0.000000491. The molecule has 1 fully saturated rings. The summed E-state index contributed by atoms with van der Waals surface area (Å²) in [5.41, 5.74) is 4.43. The standard InChI is InChI=1S/C12H19BrN4.CH3NO2/c1-12(2,3)8-4-5-9(6-8)15-11-14-7-10(13)16-17-11;2-1(3)4/h7-9H,4-6H2,1-3H3,(H,14,15,17);2H2,(H,3,4)/t8-,9-;/m0./s1. The van der Waals surface area contributed by atoms with Crippen LogP contribution in [-0.4, -0.2) is 32.4 Å². The van der Waals surface area contributed by atoms with Gasteiger partial charge in [0.05, 0.1) is 6.20 Å². The fourth-order valence-corrected chi connectivity index (χ4v) is 2.59. The van der Waals surface area contributed by atoms with Crippen molar-refractivity contribution in [1.82, 2.24) is 15.2 Å². The third-order valence-corrected chi connectivity index (χ3v) is 3.89. The van der Waals surface area contributed by atoms with E-state index in [2.05, 4.69) is 62.9 Å². The Morgan fingerprint density at radius 2 is 2.05 bits per heavy atom. The van der Waals surface area contributed by atoms with Gasteiger partial charge in [0, 0.05) is 6.04 Å². The highest BCUT2D eigenvalue weighted by molar-refractivity contribution is 9.10. The van der Waals surface area contributed by atoms with Crippen molar-refractivity contribution in [1.29, 1.82) is 0 Å². The smallest absolute Gasteiger partial charge is 0.402 e. The number of primary amides is 1. The van der Waals surface area contributed by atoms with E-state index in [1.165, 1.54) is 19.3 Å². The van der Waals surface area contributed by atoms with Crippen molar-refractivity contribution in [2.24, 2.45) is 17.1 Å². The predicted molar refractivity (Wildman–Crippen MR) is 83.9 cm³/mol. The van der Waals surface area contributed by atoms with Gasteiger partial charge in [0.2, 0.25) is 5.95 Å². The molecule has 0 saturated heterocycles. The van der Waals surface area contributed by atoms with Crippen molar-refractivity contribution in [3.63, 3.8) is 0 Å². The number of nitrogens with zero attached hydrogens (tertiary/aromatic N) is 3. The summed E-state index contributed by atoms with van der Waals surface area (Å²) in [7, 11) is 0. The van der Waals surface area contributed by atoms with Gasteiger partial charge in [-0.2, -0.15) is 0 Å². The lowest BCUT2D eigenvalue weighted by Gasteiger charge is -2.26. The van der Waals surface area contributed by atoms with Crippen LogP contribution in [0.1, 0.15) is 40.0 Å². The van der Waals surface area contributed by atoms with Crippen LogP contribution < -0.4 is 11.1 Å². The van der Waals surface area contributed by atoms with E-state index < -0.39 is 6.09 Å². The fourth-order valence-electron chi connectivity index (χ4n) is 2.41. The molecule has 0 unspecified atom stereocenters. The van der Waals surface area contributed by atoms with E-state index in [1.54, 1.807) is 6.20 Å². The maximum atomic E-state index is 8.78. The third-order valence-electron chi connectivity index (χ3n) is 3.52. The van der Waals surface area contributed by atoms with Crippen molar-refractivity contribution in [2.75, 3.05) is 5.32 Å². The van der Waals surface area contributed by atoms with Crippen LogP contribution in [0, 0.1) is 11.3 Å². The molecule has 118 valence electrons. The summed E-state index contributed by atoms with van der Waals surface area (Å²) in [6.45, 7) is 6.95. The van der Waals surface area contributed by atoms with Gasteiger partial charge in [0.15, 0.2) is 0 Å². The second kappa shape index (κ2) is 7.53. The van der Waals surface area contributed by atoms with Crippen LogP contribution in [0.5, 0.6) is 0 Å². The molecule has 2 rings (SSSR count). The Kier molecular flexibility index (Phi) is 6.32. The van der Waals surface area contributed by atoms with E-state index in [9.17, 15) is 0 Å². The van der Waals surface area contributed by atoms with Crippen LogP contribution in [0.25, 0.3) is 0 Å². The second-order valence-corrected chi connectivity index (χ2v) is 6.97. The maximum Gasteiger partial charge on any atom is 0.402 e. The number of nitrogens with two attached hydrogens (primary N) is 1. The summed E-state index contributed by atoms with van der Waals surface area (Å²) in [6.07, 6.45) is 4.01. The van der Waals surface area contributed by atoms with Crippen LogP contribution in [0.15, 0.2) is 10.8 Å². The molecule has 1 aliphatic carbocycles. The Morgan fingerprint density at radius 3 is 2.48 bits per heavy atom. The summed E-state index contributed by atoms with van der Waals surface area (Å²) < 4.78 is 0.669. The number of amides is 1. The molecule has 1 saturated carbocycles. The average molecular weight is 360 g/mol. The lowest BCUT2D eigenvalue weighted by Crippen LogP contribution is -2.22. The molecule has 1 amide bonds. The Hall–Kier alpha value is -1.44. The topological polar surface area (TPSA) is 114 Å². The largest absolute Gasteiger partial charge is 0.465 e. The van der Waals surface area contributed by atoms with Crippen LogP contribution in [0.2, 0.25) is 0 Å². The highest BCUT2D eigenvalue weighted by atomic mass is 79.9. The lowest BCUT2D eigenvalue weighted by atomic mass is 9.80. The molecule has 21 heavy (non-hydrogen) atoms. The number of anilines is 1. The Bertz CT molecular complexity index is 457. The maximum absolute atomic E-state index is 8.78. The minimum absolute atomic E-state index is 0.398. The normalized spacial score (nSPS) is 21.3. The molecular weight excluding hydrogens is 338 g/mol. The van der Waals surface area contributed by atoms with E-state index in [4.69, 9.17) is 9.90 Å². The van der Waals surface area contributed by atoms with E-state index in [-0.39, 0.29) is 0 Å². The van der Waals surface area contributed by atoms with Gasteiger partial charge in [-0.25, -0.2) is 9.78 Å². The Morgan fingerprint density at radius 1 is 1.43 bits per heavy atom. The van der Waals surface area contributed by atoms with E-state index in [0.29, 0.717) is 22.0 Å². The highest BCUT2D eigenvalue weighted by Gasteiger charge is 2.33. The van der Waals surface area contributed by atoms with Crippen LogP contribution in [0.4, 0.5) is 10.7 Å². The number of rotatable bonds is 2. The zero-order valence-corrected chi connectivity index (χ0v) is 14.1. The first-order valence-corrected chi connectivity index (χ1v) is 7.58. The zero-order chi connectivity index (χ0) is 16.0. The molecule has 2 atom stereocenters. The van der Waals surface area contributed by atoms with E-state index in [1.807, 2.05) is 0 Å². The minimum Gasteiger partial charge on any atom is -0.465 e. The molecule has 0 radical (unpaired) electrons. The predicted octanol–water partition coefficient (Wildman–Crippen LogP) is 2.88. The first-order valence-electron chi connectivity index (χ1n) is 6.78. The third kappa shape index (κ3) is 6.70. The van der Waals surface area contributed by atoms with E-state index in [0.717, 1.165) is 5.92 Å². The number of hydrogen-bond donors (Lipinski definition) is 3. The zero-order valence-electron chi connectivity index (χ0n) is 12.5. The minimum atomic E-state index is -1.33. The van der Waals surface area contributed by atoms with Gasteiger partial charge in [-0.05, 0) is 46.5 Å². The molecule has 4 N–H and O–H groups in total. The number of carboxylic acid groups (broad SMARTS) is 1. The number of halogens is 1. The molecule has 1 aliphatic rings. The van der Waals surface area contributed by atoms with Gasteiger partial charge < -0.3 is 16.2 Å². The van der Waals surface area contributed by atoms with Gasteiger partial charge in [-0.1, -0.05) is 20.8 Å². The number of aromatic nitrogens is 3. The molecule has 8 heteroatoms. The van der Waals surface area contributed by atoms with Crippen LogP contribution >= 0.6 is 15.9 Å². The molecule has 1 aromatic rings. The molecule has 0 spiro atoms. The molecule has 7 nitrogen and oxygen atoms in total. The van der Waals surface area contributed by atoms with Gasteiger partial charge >= 0.3 is 6.09 Å². The SMILES string of the molecule is CC(C)(C)[C@H]1CC[C@H](Nc2ncc(Br)nn2)C1.NC(=O)O. The Labute approximate surface area is 132 Å². The van der Waals surface area contributed by atoms with E-state index >= 15 is 0 Å². The molecule has 0 aromatic carbocycles. The van der Waals surface area contributed by atoms with Crippen LogP contribution in [-0.2, 0) is 0 Å². The first kappa shape index (κ1) is 17.6. The summed E-state index contributed by atoms with van der Waals surface area (Å²) in [5.74, 6) is 1.41. The summed E-state index contributed by atoms with van der Waals surface area (Å²) in [4.78, 5) is 13.0. The summed E-state index contributed by atoms with van der Waals surface area (Å²) in [6, 6.07) is 0.488. The van der Waals surface area contributed by atoms with Crippen molar-refractivity contribution in [2.45, 2.75) is 46.1 Å². The van der Waals surface area contributed by atoms with Crippen molar-refractivity contribution in [3.8, 4) is 0 Å². The summed E-state index contributed by atoms with van der Waals surface area (Å²) in [5, 5.41) is 18.5. The number of nitrogens with one attached hydrogen (secondary N) is 1. The molecule has 1 aromatic heterocycles. The fraction of sp³-hybridized carbons (Fsp3) is 0.692. The number of carbonyl (C=O) groups is 1. The highest BCUT2D eigenvalue weighted by Crippen LogP contribution is 2.39. The second-order valence-electron chi connectivity index (χ2n) is 6.16. The van der Waals surface area contributed by atoms with Crippen molar-refractivity contribution in [3.05, 3.63) is 10.8 Å². The molecule has 0 aliphatic heterocycles. The molecule has 0 bridgehead atoms. The first-order chi connectivity index (χ1) is 9.68. The van der Waals surface area contributed by atoms with Crippen molar-refractivity contribution >= 4 is 28.0 Å². The number of hydrogen-bond acceptors (Lipinski definition) is 5. The van der Waals surface area contributed by atoms with Gasteiger partial charge in [0.1, 0.15) is 4.60 Å². The van der Waals surface area contributed by atoms with Crippen LogP contribution in [0.3, 0.4) is 0 Å². The van der Waals surface area contributed by atoms with Gasteiger partial charge in [0.25, 0.3) is 0 Å².